The average Bonchev–Trinajstić information content (AvgIpc) is 3.05. The number of rotatable bonds is 6. The van der Waals surface area contributed by atoms with Gasteiger partial charge in [-0.1, -0.05) is 0 Å². The summed E-state index contributed by atoms with van der Waals surface area (Å²) in [4.78, 5) is 20.1. The molecule has 0 aliphatic heterocycles. The van der Waals surface area contributed by atoms with Gasteiger partial charge in [-0.15, -0.1) is 11.3 Å². The van der Waals surface area contributed by atoms with Crippen molar-refractivity contribution in [2.45, 2.75) is 20.0 Å². The van der Waals surface area contributed by atoms with Gasteiger partial charge in [-0.05, 0) is 44.2 Å². The number of ether oxygens (including phenoxy) is 1. The second-order valence-corrected chi connectivity index (χ2v) is 6.50. The highest BCUT2D eigenvalue weighted by Gasteiger charge is 2.12. The third-order valence-electron chi connectivity index (χ3n) is 3.33. The number of nitrogens with zero attached hydrogens (tertiary/aromatic N) is 2. The molecule has 0 radical (unpaired) electrons. The number of nitrogens with two attached hydrogens (primary N) is 1. The molecule has 25 heavy (non-hydrogen) atoms. The fourth-order valence-electron chi connectivity index (χ4n) is 2.23. The summed E-state index contributed by atoms with van der Waals surface area (Å²) in [5, 5.41) is 5.85. The zero-order valence-corrected chi connectivity index (χ0v) is 14.7. The van der Waals surface area contributed by atoms with Crippen LogP contribution in [0.5, 0.6) is 5.75 Å². The Hall–Kier alpha value is -2.93. The molecule has 2 heterocycles. The first-order valence-corrected chi connectivity index (χ1v) is 8.64. The smallest absolute Gasteiger partial charge is 0.248 e. The Morgan fingerprint density at radius 2 is 2.16 bits per heavy atom. The van der Waals surface area contributed by atoms with E-state index in [0.717, 1.165) is 11.3 Å². The summed E-state index contributed by atoms with van der Waals surface area (Å²) in [5.74, 6) is 0.146. The van der Waals surface area contributed by atoms with E-state index in [0.29, 0.717) is 22.1 Å². The first kappa shape index (κ1) is 16.9. The Balaban J connectivity index is 1.90. The van der Waals surface area contributed by atoms with Crippen molar-refractivity contribution in [3.63, 3.8) is 0 Å². The Kier molecular flexibility index (Phi) is 4.95. The van der Waals surface area contributed by atoms with Crippen LogP contribution < -0.4 is 15.8 Å². The molecule has 0 saturated heterocycles. The predicted octanol–water partition coefficient (Wildman–Crippen LogP) is 3.83. The van der Waals surface area contributed by atoms with Crippen molar-refractivity contribution in [2.75, 3.05) is 5.32 Å². The maximum Gasteiger partial charge on any atom is 0.248 e. The minimum Gasteiger partial charge on any atom is -0.489 e. The SMILES string of the molecule is CC(C)Oc1ccc(C(N)=O)cc1Nc1nc(-c2cccnc2)cs1. The van der Waals surface area contributed by atoms with Crippen LogP contribution in [0.4, 0.5) is 10.8 Å². The first-order chi connectivity index (χ1) is 12.0. The largest absolute Gasteiger partial charge is 0.489 e. The van der Waals surface area contributed by atoms with E-state index < -0.39 is 5.91 Å². The molecule has 3 rings (SSSR count). The van der Waals surface area contributed by atoms with Crippen molar-refractivity contribution in [2.24, 2.45) is 5.73 Å². The molecule has 0 aliphatic carbocycles. The van der Waals surface area contributed by atoms with Crippen molar-refractivity contribution in [1.29, 1.82) is 0 Å². The molecule has 3 N–H and O–H groups in total. The summed E-state index contributed by atoms with van der Waals surface area (Å²) in [6, 6.07) is 8.87. The Labute approximate surface area is 149 Å². The molecular formula is C18H18N4O2S. The van der Waals surface area contributed by atoms with Crippen molar-refractivity contribution in [3.8, 4) is 17.0 Å². The van der Waals surface area contributed by atoms with E-state index in [-0.39, 0.29) is 6.10 Å². The Morgan fingerprint density at radius 1 is 1.32 bits per heavy atom. The number of nitrogens with one attached hydrogen (secondary N) is 1. The van der Waals surface area contributed by atoms with Crippen LogP contribution in [-0.4, -0.2) is 22.0 Å². The number of thiazole rings is 1. The van der Waals surface area contributed by atoms with E-state index >= 15 is 0 Å². The van der Waals surface area contributed by atoms with Crippen LogP contribution in [0.2, 0.25) is 0 Å². The van der Waals surface area contributed by atoms with E-state index in [2.05, 4.69) is 15.3 Å². The molecule has 7 heteroatoms. The standard InChI is InChI=1S/C18H18N4O2S/c1-11(2)24-16-6-5-12(17(19)23)8-14(16)21-18-22-15(10-25-18)13-4-3-7-20-9-13/h3-11H,1-2H3,(H2,19,23)(H,21,22). The lowest BCUT2D eigenvalue weighted by Crippen LogP contribution is -2.12. The second kappa shape index (κ2) is 7.31. The van der Waals surface area contributed by atoms with Gasteiger partial charge in [0.25, 0.3) is 0 Å². The number of primary amides is 1. The van der Waals surface area contributed by atoms with Crippen molar-refractivity contribution < 1.29 is 9.53 Å². The van der Waals surface area contributed by atoms with E-state index in [9.17, 15) is 4.79 Å². The fraction of sp³-hybridized carbons (Fsp3) is 0.167. The Morgan fingerprint density at radius 3 is 2.84 bits per heavy atom. The fourth-order valence-corrected chi connectivity index (χ4v) is 2.96. The number of anilines is 2. The van der Waals surface area contributed by atoms with Gasteiger partial charge in [0.05, 0.1) is 17.5 Å². The molecule has 2 aromatic heterocycles. The normalized spacial score (nSPS) is 10.7. The van der Waals surface area contributed by atoms with Crippen LogP contribution in [0, 0.1) is 0 Å². The van der Waals surface area contributed by atoms with Crippen LogP contribution >= 0.6 is 11.3 Å². The molecule has 0 bridgehead atoms. The summed E-state index contributed by atoms with van der Waals surface area (Å²) in [5.41, 5.74) is 8.21. The number of hydrogen-bond acceptors (Lipinski definition) is 6. The van der Waals surface area contributed by atoms with Gasteiger partial charge in [0.15, 0.2) is 5.13 Å². The molecule has 3 aromatic rings. The topological polar surface area (TPSA) is 90.1 Å². The summed E-state index contributed by atoms with van der Waals surface area (Å²) < 4.78 is 5.80. The van der Waals surface area contributed by atoms with Crippen molar-refractivity contribution >= 4 is 28.1 Å². The summed E-state index contributed by atoms with van der Waals surface area (Å²) in [7, 11) is 0. The number of benzene rings is 1. The lowest BCUT2D eigenvalue weighted by molar-refractivity contribution is 0.100. The van der Waals surface area contributed by atoms with Gasteiger partial charge < -0.3 is 15.8 Å². The molecule has 128 valence electrons. The Bertz CT molecular complexity index is 878. The molecular weight excluding hydrogens is 336 g/mol. The quantitative estimate of drug-likeness (QED) is 0.702. The first-order valence-electron chi connectivity index (χ1n) is 7.76. The number of carbonyl (C=O) groups is 1. The predicted molar refractivity (Wildman–Crippen MR) is 99.4 cm³/mol. The summed E-state index contributed by atoms with van der Waals surface area (Å²) in [6.45, 7) is 3.88. The maximum atomic E-state index is 11.5. The number of aromatic nitrogens is 2. The number of pyridine rings is 1. The maximum absolute atomic E-state index is 11.5. The minimum atomic E-state index is -0.491. The lowest BCUT2D eigenvalue weighted by Gasteiger charge is -2.15. The molecule has 0 aliphatic rings. The number of hydrogen-bond donors (Lipinski definition) is 2. The van der Waals surface area contributed by atoms with Gasteiger partial charge in [-0.25, -0.2) is 4.98 Å². The average molecular weight is 354 g/mol. The van der Waals surface area contributed by atoms with Gasteiger partial charge in [0.1, 0.15) is 5.75 Å². The van der Waals surface area contributed by atoms with Crippen LogP contribution in [0.1, 0.15) is 24.2 Å². The van der Waals surface area contributed by atoms with Gasteiger partial charge in [-0.3, -0.25) is 9.78 Å². The zero-order valence-electron chi connectivity index (χ0n) is 13.9. The molecule has 6 nitrogen and oxygen atoms in total. The monoisotopic (exact) mass is 354 g/mol. The molecule has 0 spiro atoms. The van der Waals surface area contributed by atoms with Crippen LogP contribution in [-0.2, 0) is 0 Å². The van der Waals surface area contributed by atoms with E-state index in [1.807, 2.05) is 31.4 Å². The summed E-state index contributed by atoms with van der Waals surface area (Å²) >= 11 is 1.46. The molecule has 0 atom stereocenters. The van der Waals surface area contributed by atoms with E-state index in [4.69, 9.17) is 10.5 Å². The zero-order chi connectivity index (χ0) is 17.8. The van der Waals surface area contributed by atoms with Crippen LogP contribution in [0.25, 0.3) is 11.3 Å². The van der Waals surface area contributed by atoms with Crippen LogP contribution in [0.3, 0.4) is 0 Å². The van der Waals surface area contributed by atoms with Gasteiger partial charge in [0.2, 0.25) is 5.91 Å². The highest BCUT2D eigenvalue weighted by atomic mass is 32.1. The third-order valence-corrected chi connectivity index (χ3v) is 4.09. The van der Waals surface area contributed by atoms with E-state index in [1.165, 1.54) is 11.3 Å². The molecule has 0 saturated carbocycles. The molecule has 1 aromatic carbocycles. The lowest BCUT2D eigenvalue weighted by atomic mass is 10.1. The highest BCUT2D eigenvalue weighted by Crippen LogP contribution is 2.32. The highest BCUT2D eigenvalue weighted by molar-refractivity contribution is 7.14. The molecule has 1 amide bonds. The van der Waals surface area contributed by atoms with Gasteiger partial charge in [0, 0.05) is 28.9 Å². The molecule has 0 unspecified atom stereocenters. The van der Waals surface area contributed by atoms with Gasteiger partial charge in [-0.2, -0.15) is 0 Å². The minimum absolute atomic E-state index is 0.00206. The second-order valence-electron chi connectivity index (χ2n) is 5.65. The van der Waals surface area contributed by atoms with E-state index in [1.54, 1.807) is 30.6 Å². The van der Waals surface area contributed by atoms with Crippen LogP contribution in [0.15, 0.2) is 48.1 Å². The molecule has 0 fully saturated rings. The van der Waals surface area contributed by atoms with Gasteiger partial charge >= 0.3 is 0 Å². The number of amides is 1. The number of carbonyl (C=O) groups excluding carboxylic acids is 1. The van der Waals surface area contributed by atoms with Crippen molar-refractivity contribution in [3.05, 3.63) is 53.7 Å². The summed E-state index contributed by atoms with van der Waals surface area (Å²) in [6.07, 6.45) is 3.49. The van der Waals surface area contributed by atoms with Crippen molar-refractivity contribution in [1.82, 2.24) is 9.97 Å². The third kappa shape index (κ3) is 4.13.